The van der Waals surface area contributed by atoms with Crippen LogP contribution in [-0.2, 0) is 0 Å². The summed E-state index contributed by atoms with van der Waals surface area (Å²) in [5, 5.41) is 0. The summed E-state index contributed by atoms with van der Waals surface area (Å²) in [5.41, 5.74) is 0.356. The van der Waals surface area contributed by atoms with Crippen LogP contribution in [0.4, 0.5) is 0 Å². The van der Waals surface area contributed by atoms with E-state index in [2.05, 4.69) is 26.3 Å². The van der Waals surface area contributed by atoms with E-state index in [1.807, 2.05) is 0 Å². The van der Waals surface area contributed by atoms with Gasteiger partial charge in [-0.25, -0.2) is 9.97 Å². The van der Waals surface area contributed by atoms with Crippen molar-refractivity contribution in [1.82, 2.24) is 9.97 Å². The lowest BCUT2D eigenvalue weighted by Crippen LogP contribution is -2.09. The molecule has 2 heterocycles. The lowest BCUT2D eigenvalue weighted by atomic mass is 10.2. The minimum atomic E-state index is -0.292. The van der Waals surface area contributed by atoms with Gasteiger partial charge in [0.1, 0.15) is 0 Å². The third-order valence-corrected chi connectivity index (χ3v) is 1.55. The number of hydrogen-bond donors (Lipinski definition) is 0. The fourth-order valence-corrected chi connectivity index (χ4v) is 0.926. The van der Waals surface area contributed by atoms with Crippen molar-refractivity contribution in [3.05, 3.63) is 36.1 Å². The van der Waals surface area contributed by atoms with Gasteiger partial charge >= 0.3 is 0 Å². The first-order valence-electron chi connectivity index (χ1n) is 3.88. The van der Waals surface area contributed by atoms with Crippen LogP contribution in [0, 0.1) is 0 Å². The lowest BCUT2D eigenvalue weighted by Gasteiger charge is -1.93. The highest BCUT2D eigenvalue weighted by Gasteiger charge is 2.19. The van der Waals surface area contributed by atoms with Crippen LogP contribution in [0.1, 0.15) is 10.6 Å². The highest BCUT2D eigenvalue weighted by Crippen LogP contribution is 2.03. The van der Waals surface area contributed by atoms with E-state index in [0.717, 1.165) is 0 Å². The minimum absolute atomic E-state index is 0.141. The topological polar surface area (TPSA) is 67.6 Å². The van der Waals surface area contributed by atoms with Gasteiger partial charge in [-0.3, -0.25) is 4.79 Å². The summed E-state index contributed by atoms with van der Waals surface area (Å²) in [7, 11) is 0. The highest BCUT2D eigenvalue weighted by atomic mass is 16.1. The second kappa shape index (κ2) is 3.64. The summed E-state index contributed by atoms with van der Waals surface area (Å²) in [4.78, 5) is 26.5. The maximum Gasteiger partial charge on any atom is 0.278 e. The molecule has 66 valence electrons. The molecule has 5 heteroatoms. The Bertz CT molecular complexity index is 433. The number of allylic oxidation sites excluding steroid dienone is 1. The molecule has 1 aromatic rings. The van der Waals surface area contributed by atoms with Crippen LogP contribution < -0.4 is 0 Å². The zero-order valence-corrected chi connectivity index (χ0v) is 7.08. The quantitative estimate of drug-likeness (QED) is 0.498. The largest absolute Gasteiger partial charge is 0.282 e. The van der Waals surface area contributed by atoms with Crippen LogP contribution in [0.5, 0.6) is 0 Å². The molecule has 0 saturated heterocycles. The van der Waals surface area contributed by atoms with E-state index in [-0.39, 0.29) is 11.6 Å². The molecule has 5 nitrogen and oxygen atoms in total. The van der Waals surface area contributed by atoms with E-state index in [9.17, 15) is 4.79 Å². The Kier molecular flexibility index (Phi) is 2.17. The molecular formula is C9H5N4O+. The molecule has 0 amide bonds. The number of ketones is 1. The van der Waals surface area contributed by atoms with Gasteiger partial charge in [-0.05, 0) is 6.07 Å². The number of carbonyl (C=O) groups is 1. The molecule has 0 spiro atoms. The molecule has 0 aliphatic carbocycles. The summed E-state index contributed by atoms with van der Waals surface area (Å²) in [6, 6.07) is 1.64. The molecule has 0 unspecified atom stereocenters. The van der Waals surface area contributed by atoms with Gasteiger partial charge in [0.15, 0.2) is 18.0 Å². The van der Waals surface area contributed by atoms with Gasteiger partial charge in [0, 0.05) is 12.4 Å². The maximum absolute atomic E-state index is 11.6. The fourth-order valence-electron chi connectivity index (χ4n) is 0.926. The van der Waals surface area contributed by atoms with Crippen molar-refractivity contribution in [1.29, 1.82) is 0 Å². The molecular weight excluding hydrogens is 180 g/mol. The summed E-state index contributed by atoms with van der Waals surface area (Å²) < 4.78 is 0. The third-order valence-electron chi connectivity index (χ3n) is 1.55. The fraction of sp³-hybridized carbons (Fsp3) is 0. The number of Topliss-reactive ketones (excluding diaryl/α,β-unsaturated/α-hetero) is 1. The Balaban J connectivity index is 2.30. The molecule has 0 saturated carbocycles. The zero-order valence-electron chi connectivity index (χ0n) is 7.08. The van der Waals surface area contributed by atoms with Crippen molar-refractivity contribution >= 4 is 18.3 Å². The Morgan fingerprint density at radius 2 is 2.07 bits per heavy atom. The van der Waals surface area contributed by atoms with Gasteiger partial charge < -0.3 is 0 Å². The smallest absolute Gasteiger partial charge is 0.278 e. The van der Waals surface area contributed by atoms with Crippen LogP contribution in [0.2, 0.25) is 0 Å². The summed E-state index contributed by atoms with van der Waals surface area (Å²) >= 11 is 0. The van der Waals surface area contributed by atoms with Gasteiger partial charge in [0.2, 0.25) is 5.82 Å². The van der Waals surface area contributed by atoms with Crippen molar-refractivity contribution < 1.29 is 4.79 Å². The van der Waals surface area contributed by atoms with Crippen LogP contribution in [0.15, 0.2) is 40.2 Å². The van der Waals surface area contributed by atoms with E-state index < -0.39 is 0 Å². The maximum atomic E-state index is 11.6. The van der Waals surface area contributed by atoms with Gasteiger partial charge in [-0.2, -0.15) is 0 Å². The number of hydrogen-bond acceptors (Lipinski definition) is 5. The number of aromatic nitrogens is 2. The Hall–Kier alpha value is -2.26. The van der Waals surface area contributed by atoms with Crippen molar-refractivity contribution in [3.63, 3.8) is 0 Å². The molecule has 14 heavy (non-hydrogen) atoms. The van der Waals surface area contributed by atoms with Crippen LogP contribution in [0.25, 0.3) is 0 Å². The van der Waals surface area contributed by atoms with Crippen molar-refractivity contribution in [3.8, 4) is 0 Å². The number of rotatable bonds is 2. The molecule has 0 atom stereocenters. The number of carbonyl (C=O) groups excluding carboxylic acids is 1. The third kappa shape index (κ3) is 1.57. The average Bonchev–Trinajstić information content (AvgIpc) is 2.30. The first-order valence-corrected chi connectivity index (χ1v) is 3.88. The SMILES string of the molecule is O=C(C1=CN=[C+]N=C1)c1ncccn1. The van der Waals surface area contributed by atoms with E-state index in [1.54, 1.807) is 6.07 Å². The molecule has 0 aromatic carbocycles. The lowest BCUT2D eigenvalue weighted by molar-refractivity contribution is 0.103. The Morgan fingerprint density at radius 1 is 1.29 bits per heavy atom. The van der Waals surface area contributed by atoms with Crippen LogP contribution in [0.3, 0.4) is 0 Å². The predicted molar refractivity (Wildman–Crippen MR) is 50.4 cm³/mol. The molecule has 1 aliphatic rings. The summed E-state index contributed by atoms with van der Waals surface area (Å²) in [5.74, 6) is -0.151. The second-order valence-corrected chi connectivity index (χ2v) is 2.47. The van der Waals surface area contributed by atoms with Gasteiger partial charge in [-0.15, -0.1) is 0 Å². The molecule has 2 rings (SSSR count). The van der Waals surface area contributed by atoms with E-state index >= 15 is 0 Å². The van der Waals surface area contributed by atoms with Gasteiger partial charge in [0.05, 0.1) is 0 Å². The van der Waals surface area contributed by atoms with Gasteiger partial charge in [-0.1, -0.05) is 9.98 Å². The van der Waals surface area contributed by atoms with Gasteiger partial charge in [0.25, 0.3) is 12.1 Å². The predicted octanol–water partition coefficient (Wildman–Crippen LogP) is 0.533. The molecule has 0 fully saturated rings. The normalized spacial score (nSPS) is 13.3. The second-order valence-electron chi connectivity index (χ2n) is 2.47. The van der Waals surface area contributed by atoms with E-state index in [1.165, 1.54) is 24.8 Å². The van der Waals surface area contributed by atoms with Crippen LogP contribution >= 0.6 is 0 Å². The highest BCUT2D eigenvalue weighted by molar-refractivity contribution is 6.20. The zero-order chi connectivity index (χ0) is 9.80. The van der Waals surface area contributed by atoms with Crippen LogP contribution in [-0.4, -0.2) is 28.3 Å². The van der Waals surface area contributed by atoms with E-state index in [4.69, 9.17) is 0 Å². The van der Waals surface area contributed by atoms with Crippen molar-refractivity contribution in [2.75, 3.05) is 0 Å². The number of aliphatic imine (C=N–C) groups is 2. The monoisotopic (exact) mass is 185 g/mol. The molecule has 0 radical (unpaired) electrons. The first kappa shape index (κ1) is 8.34. The Labute approximate surface area is 80.0 Å². The van der Waals surface area contributed by atoms with Crippen molar-refractivity contribution in [2.24, 2.45) is 9.98 Å². The molecule has 1 aromatic heterocycles. The summed E-state index contributed by atoms with van der Waals surface area (Å²) in [6.45, 7) is 0. The molecule has 0 bridgehead atoms. The molecule has 0 N–H and O–H groups in total. The first-order chi connectivity index (χ1) is 6.88. The standard InChI is InChI=1S/C9H5N4O/c14-8(7-4-10-6-11-5-7)9-12-2-1-3-13-9/h1-5H/q+1. The number of nitrogens with zero attached hydrogens (tertiary/aromatic N) is 4. The average molecular weight is 185 g/mol. The summed E-state index contributed by atoms with van der Waals surface area (Å²) in [6.07, 6.45) is 8.13. The Morgan fingerprint density at radius 3 is 2.71 bits per heavy atom. The van der Waals surface area contributed by atoms with E-state index in [0.29, 0.717) is 5.57 Å². The minimum Gasteiger partial charge on any atom is -0.282 e. The molecule has 1 aliphatic heterocycles. The van der Waals surface area contributed by atoms with Crippen molar-refractivity contribution in [2.45, 2.75) is 0 Å².